The van der Waals surface area contributed by atoms with Gasteiger partial charge >= 0.3 is 0 Å². The van der Waals surface area contributed by atoms with Crippen molar-refractivity contribution in [1.82, 2.24) is 0 Å². The van der Waals surface area contributed by atoms with E-state index in [-0.39, 0.29) is 0 Å². The van der Waals surface area contributed by atoms with Crippen molar-refractivity contribution in [3.8, 4) is 0 Å². The first-order chi connectivity index (χ1) is 7.11. The molecule has 0 bridgehead atoms. The molecular weight excluding hydrogens is 272 g/mol. The molecule has 90 valence electrons. The summed E-state index contributed by atoms with van der Waals surface area (Å²) in [4.78, 5) is 0. The highest BCUT2D eigenvalue weighted by Crippen LogP contribution is 2.21. The van der Waals surface area contributed by atoms with Gasteiger partial charge < -0.3 is 29.9 Å². The fourth-order valence-corrected chi connectivity index (χ4v) is 1.55. The minimum absolute atomic E-state index is 0.294. The molecule has 1 unspecified atom stereocenters. The third-order valence-corrected chi connectivity index (χ3v) is 2.53. The lowest BCUT2D eigenvalue weighted by atomic mass is 9.99. The first kappa shape index (κ1) is 13.3. The van der Waals surface area contributed by atoms with Crippen LogP contribution in [-0.2, 0) is 9.47 Å². The zero-order chi connectivity index (χ0) is 11.4. The van der Waals surface area contributed by atoms with Crippen LogP contribution in [0.25, 0.3) is 0 Å². The second kappa shape index (κ2) is 6.09. The lowest BCUT2D eigenvalue weighted by molar-refractivity contribution is -0.299. The van der Waals surface area contributed by atoms with E-state index < -0.39 is 37.3 Å². The van der Waals surface area contributed by atoms with Crippen LogP contribution in [-0.4, -0.2) is 69.7 Å². The summed E-state index contributed by atoms with van der Waals surface area (Å²) in [6, 6.07) is 0. The fourth-order valence-electron chi connectivity index (χ4n) is 1.37. The number of hydrogen-bond acceptors (Lipinski definition) is 6. The van der Waals surface area contributed by atoms with Crippen molar-refractivity contribution in [3.05, 3.63) is 0 Å². The maximum Gasteiger partial charge on any atom is 0.186 e. The number of aliphatic hydroxyl groups is 4. The molecular formula is C8H15BrO6. The number of ether oxygens (including phenoxy) is 2. The molecule has 0 amide bonds. The Balaban J connectivity index is 2.57. The summed E-state index contributed by atoms with van der Waals surface area (Å²) in [5.41, 5.74) is 0. The zero-order valence-corrected chi connectivity index (χ0v) is 9.58. The molecule has 1 rings (SSSR count). The minimum atomic E-state index is -1.38. The van der Waals surface area contributed by atoms with Gasteiger partial charge in [0.15, 0.2) is 6.29 Å². The molecule has 0 aromatic heterocycles. The van der Waals surface area contributed by atoms with Gasteiger partial charge in [0, 0.05) is 5.33 Å². The summed E-state index contributed by atoms with van der Waals surface area (Å²) < 4.78 is 10.2. The van der Waals surface area contributed by atoms with Crippen molar-refractivity contribution in [1.29, 1.82) is 0 Å². The van der Waals surface area contributed by atoms with Crippen molar-refractivity contribution in [2.45, 2.75) is 30.7 Å². The van der Waals surface area contributed by atoms with Gasteiger partial charge in [-0.05, 0) is 0 Å². The summed E-state index contributed by atoms with van der Waals surface area (Å²) >= 11 is 3.13. The number of hydrogen-bond donors (Lipinski definition) is 4. The van der Waals surface area contributed by atoms with Gasteiger partial charge in [0.1, 0.15) is 24.4 Å². The van der Waals surface area contributed by atoms with Crippen molar-refractivity contribution in [2.24, 2.45) is 0 Å². The van der Waals surface area contributed by atoms with Gasteiger partial charge in [-0.25, -0.2) is 0 Å². The third kappa shape index (κ3) is 3.10. The highest BCUT2D eigenvalue weighted by Gasteiger charge is 2.43. The standard InChI is InChI=1S/C8H15BrO6/c9-1-2-14-8-7(13)6(12)5(11)4(3-10)15-8/h4-8,10-13H,1-3H2/t4-,5-,6+,7-,8?/m1/s1. The second-order valence-electron chi connectivity index (χ2n) is 3.26. The Morgan fingerprint density at radius 2 is 1.80 bits per heavy atom. The Hall–Kier alpha value is 0.240. The highest BCUT2D eigenvalue weighted by molar-refractivity contribution is 9.09. The average Bonchev–Trinajstić information content (AvgIpc) is 2.25. The maximum absolute atomic E-state index is 9.49. The predicted molar refractivity (Wildman–Crippen MR) is 53.5 cm³/mol. The van der Waals surface area contributed by atoms with Crippen LogP contribution in [0.3, 0.4) is 0 Å². The van der Waals surface area contributed by atoms with E-state index in [1.54, 1.807) is 0 Å². The van der Waals surface area contributed by atoms with Crippen LogP contribution in [0.1, 0.15) is 0 Å². The van der Waals surface area contributed by atoms with Gasteiger partial charge in [-0.15, -0.1) is 0 Å². The van der Waals surface area contributed by atoms with Crippen LogP contribution in [0.15, 0.2) is 0 Å². The summed E-state index contributed by atoms with van der Waals surface area (Å²) in [6.45, 7) is -0.151. The van der Waals surface area contributed by atoms with Crippen LogP contribution in [0.4, 0.5) is 0 Å². The van der Waals surface area contributed by atoms with E-state index in [2.05, 4.69) is 15.9 Å². The molecule has 4 N–H and O–H groups in total. The molecule has 1 saturated heterocycles. The van der Waals surface area contributed by atoms with Gasteiger partial charge in [0.2, 0.25) is 0 Å². The normalized spacial score (nSPS) is 41.8. The first-order valence-corrected chi connectivity index (χ1v) is 5.72. The fraction of sp³-hybridized carbons (Fsp3) is 1.00. The zero-order valence-electron chi connectivity index (χ0n) is 7.99. The Bertz CT molecular complexity index is 190. The van der Waals surface area contributed by atoms with E-state index in [1.165, 1.54) is 0 Å². The summed E-state index contributed by atoms with van der Waals surface area (Å²) in [7, 11) is 0. The number of aliphatic hydroxyl groups excluding tert-OH is 4. The first-order valence-electron chi connectivity index (χ1n) is 4.60. The topological polar surface area (TPSA) is 99.4 Å². The second-order valence-corrected chi connectivity index (χ2v) is 4.05. The quantitative estimate of drug-likeness (QED) is 0.455. The molecule has 1 fully saturated rings. The van der Waals surface area contributed by atoms with E-state index in [9.17, 15) is 15.3 Å². The Morgan fingerprint density at radius 3 is 2.33 bits per heavy atom. The lowest BCUT2D eigenvalue weighted by Crippen LogP contribution is -2.59. The summed E-state index contributed by atoms with van der Waals surface area (Å²) in [5.74, 6) is 0. The minimum Gasteiger partial charge on any atom is -0.394 e. The average molecular weight is 287 g/mol. The van der Waals surface area contributed by atoms with Gasteiger partial charge in [0.25, 0.3) is 0 Å². The van der Waals surface area contributed by atoms with E-state index in [0.717, 1.165) is 0 Å². The van der Waals surface area contributed by atoms with Crippen LogP contribution >= 0.6 is 15.9 Å². The Morgan fingerprint density at radius 1 is 1.13 bits per heavy atom. The molecule has 15 heavy (non-hydrogen) atoms. The lowest BCUT2D eigenvalue weighted by Gasteiger charge is -2.39. The smallest absolute Gasteiger partial charge is 0.186 e. The highest BCUT2D eigenvalue weighted by atomic mass is 79.9. The number of halogens is 1. The molecule has 1 heterocycles. The van der Waals surface area contributed by atoms with Gasteiger partial charge in [-0.2, -0.15) is 0 Å². The van der Waals surface area contributed by atoms with E-state index in [4.69, 9.17) is 14.6 Å². The van der Waals surface area contributed by atoms with Crippen molar-refractivity contribution < 1.29 is 29.9 Å². The molecule has 6 nitrogen and oxygen atoms in total. The molecule has 0 aromatic carbocycles. The van der Waals surface area contributed by atoms with Gasteiger partial charge in [0.05, 0.1) is 13.2 Å². The molecule has 0 aliphatic carbocycles. The predicted octanol–water partition coefficient (Wildman–Crippen LogP) is -1.80. The van der Waals surface area contributed by atoms with E-state index in [1.807, 2.05) is 0 Å². The van der Waals surface area contributed by atoms with Crippen LogP contribution in [0, 0.1) is 0 Å². The number of rotatable bonds is 4. The molecule has 0 radical (unpaired) electrons. The molecule has 0 saturated carbocycles. The third-order valence-electron chi connectivity index (χ3n) is 2.21. The van der Waals surface area contributed by atoms with Crippen molar-refractivity contribution >= 4 is 15.9 Å². The summed E-state index contributed by atoms with van der Waals surface area (Å²) in [5, 5.41) is 37.7. The van der Waals surface area contributed by atoms with Crippen LogP contribution < -0.4 is 0 Å². The Kier molecular flexibility index (Phi) is 5.41. The van der Waals surface area contributed by atoms with Crippen molar-refractivity contribution in [2.75, 3.05) is 18.5 Å². The summed E-state index contributed by atoms with van der Waals surface area (Å²) in [6.07, 6.45) is -5.98. The molecule has 5 atom stereocenters. The van der Waals surface area contributed by atoms with E-state index >= 15 is 0 Å². The molecule has 1 aliphatic heterocycles. The Labute approximate surface area is 95.6 Å². The monoisotopic (exact) mass is 286 g/mol. The molecule has 0 spiro atoms. The van der Waals surface area contributed by atoms with Gasteiger partial charge in [-0.1, -0.05) is 15.9 Å². The van der Waals surface area contributed by atoms with Crippen LogP contribution in [0.5, 0.6) is 0 Å². The number of alkyl halides is 1. The largest absolute Gasteiger partial charge is 0.394 e. The van der Waals surface area contributed by atoms with Crippen LogP contribution in [0.2, 0.25) is 0 Å². The van der Waals surface area contributed by atoms with Gasteiger partial charge in [-0.3, -0.25) is 0 Å². The van der Waals surface area contributed by atoms with Crippen molar-refractivity contribution in [3.63, 3.8) is 0 Å². The maximum atomic E-state index is 9.49. The van der Waals surface area contributed by atoms with E-state index in [0.29, 0.717) is 11.9 Å². The molecule has 0 aromatic rings. The SMILES string of the molecule is OC[C@H]1OC(OCCBr)[C@H](O)[C@@H](O)[C@@H]1O. The molecule has 7 heteroatoms. The molecule has 1 aliphatic rings.